The van der Waals surface area contributed by atoms with Crippen molar-refractivity contribution in [3.05, 3.63) is 41.5 Å². The molecular weight excluding hydrogens is 310 g/mol. The number of hydrogen-bond acceptors (Lipinski definition) is 7. The van der Waals surface area contributed by atoms with Gasteiger partial charge in [0.25, 0.3) is 0 Å². The summed E-state index contributed by atoms with van der Waals surface area (Å²) in [6.07, 6.45) is 0.562. The Morgan fingerprint density at radius 3 is 2.92 bits per heavy atom. The molecule has 128 valence electrons. The summed E-state index contributed by atoms with van der Waals surface area (Å²) in [6, 6.07) is 7.78. The number of benzene rings is 1. The van der Waals surface area contributed by atoms with E-state index in [1.165, 1.54) is 0 Å². The minimum atomic E-state index is -0.196. The predicted molar refractivity (Wildman–Crippen MR) is 85.9 cm³/mol. The van der Waals surface area contributed by atoms with Gasteiger partial charge in [0.05, 0.1) is 26.2 Å². The summed E-state index contributed by atoms with van der Waals surface area (Å²) < 4.78 is 15.6. The number of aromatic nitrogens is 2. The molecule has 1 fully saturated rings. The van der Waals surface area contributed by atoms with Crippen LogP contribution >= 0.6 is 0 Å². The quantitative estimate of drug-likeness (QED) is 0.714. The van der Waals surface area contributed by atoms with E-state index in [9.17, 15) is 4.79 Å². The molecule has 0 saturated carbocycles. The van der Waals surface area contributed by atoms with Gasteiger partial charge >= 0.3 is 5.97 Å². The Morgan fingerprint density at radius 2 is 2.17 bits per heavy atom. The lowest BCUT2D eigenvalue weighted by Crippen LogP contribution is -2.47. The summed E-state index contributed by atoms with van der Waals surface area (Å²) in [5, 5.41) is 4.05. The number of likely N-dealkylation sites (tertiary alicyclic amines) is 1. The molecule has 2 aromatic rings. The fourth-order valence-electron chi connectivity index (χ4n) is 2.77. The van der Waals surface area contributed by atoms with Crippen molar-refractivity contribution < 1.29 is 18.8 Å². The maximum atomic E-state index is 11.4. The van der Waals surface area contributed by atoms with Crippen LogP contribution in [0.4, 0.5) is 0 Å². The molecule has 24 heavy (non-hydrogen) atoms. The summed E-state index contributed by atoms with van der Waals surface area (Å²) in [4.78, 5) is 17.9. The summed E-state index contributed by atoms with van der Waals surface area (Å²) in [5.41, 5.74) is 1.02. The molecule has 0 unspecified atom stereocenters. The van der Waals surface area contributed by atoms with Crippen LogP contribution in [0.2, 0.25) is 0 Å². The van der Waals surface area contributed by atoms with Crippen LogP contribution in [0, 0.1) is 0 Å². The molecule has 7 heteroatoms. The number of carbonyl (C=O) groups excluding carboxylic acids is 1. The number of rotatable bonds is 7. The fourth-order valence-corrected chi connectivity index (χ4v) is 2.77. The van der Waals surface area contributed by atoms with E-state index in [0.29, 0.717) is 31.3 Å². The van der Waals surface area contributed by atoms with Gasteiger partial charge in [0, 0.05) is 25.1 Å². The van der Waals surface area contributed by atoms with Crippen LogP contribution in [0.5, 0.6) is 5.75 Å². The van der Waals surface area contributed by atoms with E-state index in [-0.39, 0.29) is 11.9 Å². The highest BCUT2D eigenvalue weighted by atomic mass is 16.5. The van der Waals surface area contributed by atoms with Crippen LogP contribution in [0.25, 0.3) is 0 Å². The second-order valence-corrected chi connectivity index (χ2v) is 5.73. The average Bonchev–Trinajstić information content (AvgIpc) is 2.99. The van der Waals surface area contributed by atoms with Crippen LogP contribution in [0.3, 0.4) is 0 Å². The molecule has 1 saturated heterocycles. The van der Waals surface area contributed by atoms with Gasteiger partial charge in [0.15, 0.2) is 5.82 Å². The lowest BCUT2D eigenvalue weighted by Gasteiger charge is -2.35. The van der Waals surface area contributed by atoms with E-state index in [0.717, 1.165) is 24.4 Å². The molecule has 2 heterocycles. The van der Waals surface area contributed by atoms with E-state index >= 15 is 0 Å². The molecule has 1 aliphatic heterocycles. The van der Waals surface area contributed by atoms with Gasteiger partial charge in [-0.3, -0.25) is 9.69 Å². The zero-order chi connectivity index (χ0) is 16.9. The average molecular weight is 331 g/mol. The molecule has 1 aliphatic rings. The monoisotopic (exact) mass is 331 g/mol. The van der Waals surface area contributed by atoms with Gasteiger partial charge in [-0.2, -0.15) is 4.98 Å². The molecule has 0 spiro atoms. The van der Waals surface area contributed by atoms with E-state index in [2.05, 4.69) is 10.1 Å². The van der Waals surface area contributed by atoms with Crippen LogP contribution in [-0.2, 0) is 16.0 Å². The van der Waals surface area contributed by atoms with Crippen molar-refractivity contribution in [2.75, 3.05) is 33.4 Å². The molecule has 0 atom stereocenters. The number of nitrogens with zero attached hydrogens (tertiary/aromatic N) is 3. The first-order chi connectivity index (χ1) is 11.7. The Morgan fingerprint density at radius 1 is 1.38 bits per heavy atom. The van der Waals surface area contributed by atoms with Crippen LogP contribution in [-0.4, -0.2) is 54.4 Å². The summed E-state index contributed by atoms with van der Waals surface area (Å²) >= 11 is 0. The second kappa shape index (κ2) is 7.44. The van der Waals surface area contributed by atoms with Gasteiger partial charge in [-0.05, 0) is 13.0 Å². The van der Waals surface area contributed by atoms with E-state index in [4.69, 9.17) is 14.0 Å². The molecule has 1 aromatic carbocycles. The van der Waals surface area contributed by atoms with Gasteiger partial charge in [-0.15, -0.1) is 0 Å². The van der Waals surface area contributed by atoms with Crippen molar-refractivity contribution in [1.29, 1.82) is 0 Å². The van der Waals surface area contributed by atoms with Crippen molar-refractivity contribution >= 4 is 5.97 Å². The van der Waals surface area contributed by atoms with Crippen LogP contribution in [0.1, 0.15) is 30.1 Å². The van der Waals surface area contributed by atoms with Gasteiger partial charge in [0.2, 0.25) is 5.89 Å². The standard InChI is InChI=1S/C17H21N3O4/c1-3-23-16(21)11-20-9-13(10-20)17-18-15(19-24-17)8-12-6-4-5-7-14(12)22-2/h4-7,13H,3,8-11H2,1-2H3. The molecule has 7 nitrogen and oxygen atoms in total. The van der Waals surface area contributed by atoms with Crippen molar-refractivity contribution in [1.82, 2.24) is 15.0 Å². The Kier molecular flexibility index (Phi) is 5.10. The third kappa shape index (κ3) is 3.73. The van der Waals surface area contributed by atoms with Crippen molar-refractivity contribution in [2.24, 2.45) is 0 Å². The molecule has 0 amide bonds. The SMILES string of the molecule is CCOC(=O)CN1CC(c2nc(Cc3ccccc3OC)no2)C1. The largest absolute Gasteiger partial charge is 0.496 e. The molecule has 0 aliphatic carbocycles. The lowest BCUT2D eigenvalue weighted by molar-refractivity contribution is -0.145. The van der Waals surface area contributed by atoms with Crippen LogP contribution in [0.15, 0.2) is 28.8 Å². The number of ether oxygens (including phenoxy) is 2. The van der Waals surface area contributed by atoms with Gasteiger partial charge in [-0.1, -0.05) is 23.4 Å². The minimum absolute atomic E-state index is 0.179. The minimum Gasteiger partial charge on any atom is -0.496 e. The predicted octanol–water partition coefficient (Wildman–Crippen LogP) is 1.63. The number of hydrogen-bond donors (Lipinski definition) is 0. The summed E-state index contributed by atoms with van der Waals surface area (Å²) in [7, 11) is 1.65. The maximum absolute atomic E-state index is 11.4. The van der Waals surface area contributed by atoms with Gasteiger partial charge in [0.1, 0.15) is 5.75 Å². The maximum Gasteiger partial charge on any atom is 0.320 e. The molecule has 0 radical (unpaired) electrons. The highest BCUT2D eigenvalue weighted by Crippen LogP contribution is 2.26. The Hall–Kier alpha value is -2.41. The van der Waals surface area contributed by atoms with Crippen LogP contribution < -0.4 is 4.74 Å². The van der Waals surface area contributed by atoms with Crippen molar-refractivity contribution in [3.63, 3.8) is 0 Å². The van der Waals surface area contributed by atoms with E-state index in [1.807, 2.05) is 29.2 Å². The number of methoxy groups -OCH3 is 1. The topological polar surface area (TPSA) is 77.7 Å². The highest BCUT2D eigenvalue weighted by Gasteiger charge is 2.33. The first kappa shape index (κ1) is 16.4. The zero-order valence-corrected chi connectivity index (χ0v) is 13.9. The van der Waals surface area contributed by atoms with Gasteiger partial charge in [-0.25, -0.2) is 0 Å². The molecular formula is C17H21N3O4. The van der Waals surface area contributed by atoms with Gasteiger partial charge < -0.3 is 14.0 Å². The number of esters is 1. The first-order valence-electron chi connectivity index (χ1n) is 8.02. The second-order valence-electron chi connectivity index (χ2n) is 5.73. The zero-order valence-electron chi connectivity index (χ0n) is 13.9. The smallest absolute Gasteiger partial charge is 0.320 e. The molecule has 3 rings (SSSR count). The Labute approximate surface area is 140 Å². The first-order valence-corrected chi connectivity index (χ1v) is 8.02. The molecule has 0 N–H and O–H groups in total. The Balaban J connectivity index is 1.54. The van der Waals surface area contributed by atoms with Crippen molar-refractivity contribution in [3.8, 4) is 5.75 Å². The third-order valence-corrected chi connectivity index (χ3v) is 3.99. The summed E-state index contributed by atoms with van der Waals surface area (Å²) in [6.45, 7) is 3.99. The number of para-hydroxylation sites is 1. The Bertz CT molecular complexity index is 695. The molecule has 1 aromatic heterocycles. The fraction of sp³-hybridized carbons (Fsp3) is 0.471. The third-order valence-electron chi connectivity index (χ3n) is 3.99. The van der Waals surface area contributed by atoms with E-state index < -0.39 is 0 Å². The normalized spacial score (nSPS) is 15.1. The lowest BCUT2D eigenvalue weighted by atomic mass is 10.0. The van der Waals surface area contributed by atoms with Crippen molar-refractivity contribution in [2.45, 2.75) is 19.3 Å². The highest BCUT2D eigenvalue weighted by molar-refractivity contribution is 5.71. The molecule has 0 bridgehead atoms. The number of carbonyl (C=O) groups is 1. The summed E-state index contributed by atoms with van der Waals surface area (Å²) in [5.74, 6) is 2.06. The van der Waals surface area contributed by atoms with E-state index in [1.54, 1.807) is 14.0 Å².